The Morgan fingerprint density at radius 3 is 2.47 bits per heavy atom. The summed E-state index contributed by atoms with van der Waals surface area (Å²) in [5, 5.41) is 0.970. The van der Waals surface area contributed by atoms with Crippen LogP contribution in [0, 0.1) is 11.3 Å². The van der Waals surface area contributed by atoms with Crippen molar-refractivity contribution in [1.29, 1.82) is 0 Å². The molecule has 1 nitrogen and oxygen atoms in total. The minimum absolute atomic E-state index is 0.262. The normalized spacial score (nSPS) is 13.5. The summed E-state index contributed by atoms with van der Waals surface area (Å²) in [4.78, 5) is 1.20. The molecule has 0 aromatic heterocycles. The van der Waals surface area contributed by atoms with Crippen molar-refractivity contribution in [2.45, 2.75) is 25.7 Å². The van der Waals surface area contributed by atoms with E-state index in [0.29, 0.717) is 5.92 Å². The van der Waals surface area contributed by atoms with Crippen LogP contribution in [0.1, 0.15) is 20.8 Å². The standard InChI is InChI=1S/C14H21BrOS/c1-14(2,3)11(9-15)10-16-12-7-5-6-8-13(12)17-4/h5-8,11H,9-10H2,1-4H3. The van der Waals surface area contributed by atoms with Gasteiger partial charge >= 0.3 is 0 Å². The Labute approximate surface area is 117 Å². The lowest BCUT2D eigenvalue weighted by Crippen LogP contribution is -2.27. The van der Waals surface area contributed by atoms with Crippen molar-refractivity contribution < 1.29 is 4.74 Å². The highest BCUT2D eigenvalue weighted by Crippen LogP contribution is 2.31. The summed E-state index contributed by atoms with van der Waals surface area (Å²) >= 11 is 5.30. The minimum atomic E-state index is 0.262. The van der Waals surface area contributed by atoms with E-state index in [1.807, 2.05) is 18.2 Å². The fraction of sp³-hybridized carbons (Fsp3) is 0.571. The van der Waals surface area contributed by atoms with Crippen LogP contribution in [0.4, 0.5) is 0 Å². The molecule has 0 aliphatic carbocycles. The van der Waals surface area contributed by atoms with Crippen molar-refractivity contribution in [3.63, 3.8) is 0 Å². The van der Waals surface area contributed by atoms with Gasteiger partial charge in [0.2, 0.25) is 0 Å². The number of halogens is 1. The summed E-state index contributed by atoms with van der Waals surface area (Å²) in [7, 11) is 0. The lowest BCUT2D eigenvalue weighted by molar-refractivity contribution is 0.163. The summed E-state index contributed by atoms with van der Waals surface area (Å²) in [6.07, 6.45) is 2.08. The Hall–Kier alpha value is -0.150. The molecule has 0 spiro atoms. The van der Waals surface area contributed by atoms with Gasteiger partial charge in [0, 0.05) is 16.1 Å². The first-order valence-corrected chi connectivity index (χ1v) is 8.15. The summed E-state index contributed by atoms with van der Waals surface area (Å²) in [6, 6.07) is 8.21. The average molecular weight is 317 g/mol. The molecular formula is C14H21BrOS. The third-order valence-corrected chi connectivity index (χ3v) is 4.48. The number of hydrogen-bond acceptors (Lipinski definition) is 2. The van der Waals surface area contributed by atoms with Crippen molar-refractivity contribution in [2.24, 2.45) is 11.3 Å². The smallest absolute Gasteiger partial charge is 0.132 e. The SMILES string of the molecule is CSc1ccccc1OCC(CBr)C(C)(C)C. The van der Waals surface area contributed by atoms with Gasteiger partial charge in [0.05, 0.1) is 6.61 Å². The predicted molar refractivity (Wildman–Crippen MR) is 80.5 cm³/mol. The van der Waals surface area contributed by atoms with Gasteiger partial charge in [0.1, 0.15) is 5.75 Å². The molecule has 1 aromatic rings. The highest BCUT2D eigenvalue weighted by atomic mass is 79.9. The van der Waals surface area contributed by atoms with E-state index < -0.39 is 0 Å². The third-order valence-electron chi connectivity index (χ3n) is 2.92. The maximum absolute atomic E-state index is 5.96. The van der Waals surface area contributed by atoms with Crippen molar-refractivity contribution in [3.05, 3.63) is 24.3 Å². The lowest BCUT2D eigenvalue weighted by Gasteiger charge is -2.29. The maximum atomic E-state index is 5.96. The molecule has 0 heterocycles. The number of alkyl halides is 1. The summed E-state index contributed by atoms with van der Waals surface area (Å²) < 4.78 is 5.96. The number of hydrogen-bond donors (Lipinski definition) is 0. The second kappa shape index (κ2) is 6.69. The van der Waals surface area contributed by atoms with Crippen LogP contribution in [0.3, 0.4) is 0 Å². The number of rotatable bonds is 5. The number of thioether (sulfide) groups is 1. The molecule has 1 rings (SSSR count). The zero-order valence-corrected chi connectivity index (χ0v) is 13.4. The first kappa shape index (κ1) is 14.9. The molecule has 0 bridgehead atoms. The molecule has 0 aliphatic heterocycles. The van der Waals surface area contributed by atoms with E-state index in [0.717, 1.165) is 17.7 Å². The van der Waals surface area contributed by atoms with E-state index in [-0.39, 0.29) is 5.41 Å². The number of benzene rings is 1. The Bertz CT molecular complexity index is 346. The van der Waals surface area contributed by atoms with Crippen molar-refractivity contribution >= 4 is 27.7 Å². The largest absolute Gasteiger partial charge is 0.492 e. The molecule has 0 fully saturated rings. The number of para-hydroxylation sites is 1. The molecule has 0 N–H and O–H groups in total. The summed E-state index contributed by atoms with van der Waals surface area (Å²) in [5.41, 5.74) is 0.262. The zero-order chi connectivity index (χ0) is 12.9. The predicted octanol–water partition coefficient (Wildman–Crippen LogP) is 4.84. The summed E-state index contributed by atoms with van der Waals surface area (Å²) in [5.74, 6) is 1.51. The lowest BCUT2D eigenvalue weighted by atomic mass is 9.83. The van der Waals surface area contributed by atoms with Crippen LogP contribution in [0.15, 0.2) is 29.2 Å². The highest BCUT2D eigenvalue weighted by molar-refractivity contribution is 9.09. The average Bonchev–Trinajstić information content (AvgIpc) is 2.28. The van der Waals surface area contributed by atoms with Crippen LogP contribution in [-0.2, 0) is 0 Å². The second-order valence-corrected chi connectivity index (χ2v) is 6.67. The van der Waals surface area contributed by atoms with Crippen LogP contribution in [0.2, 0.25) is 0 Å². The van der Waals surface area contributed by atoms with Gasteiger partial charge in [-0.05, 0) is 23.8 Å². The van der Waals surface area contributed by atoms with E-state index in [2.05, 4.69) is 49.0 Å². The van der Waals surface area contributed by atoms with Crippen LogP contribution in [-0.4, -0.2) is 18.2 Å². The van der Waals surface area contributed by atoms with Gasteiger partial charge in [0.25, 0.3) is 0 Å². The topological polar surface area (TPSA) is 9.23 Å². The van der Waals surface area contributed by atoms with Crippen LogP contribution in [0.25, 0.3) is 0 Å². The Kier molecular flexibility index (Phi) is 5.87. The van der Waals surface area contributed by atoms with Gasteiger partial charge in [-0.15, -0.1) is 11.8 Å². The first-order valence-electron chi connectivity index (χ1n) is 5.80. The first-order chi connectivity index (χ1) is 7.99. The molecule has 1 aromatic carbocycles. The van der Waals surface area contributed by atoms with Crippen LogP contribution in [0.5, 0.6) is 5.75 Å². The summed E-state index contributed by atoms with van der Waals surface area (Å²) in [6.45, 7) is 7.51. The van der Waals surface area contributed by atoms with Gasteiger partial charge in [-0.25, -0.2) is 0 Å². The fourth-order valence-corrected chi connectivity index (χ4v) is 3.16. The molecule has 1 atom stereocenters. The maximum Gasteiger partial charge on any atom is 0.132 e. The van der Waals surface area contributed by atoms with E-state index in [1.165, 1.54) is 4.90 Å². The van der Waals surface area contributed by atoms with Gasteiger partial charge < -0.3 is 4.74 Å². The van der Waals surface area contributed by atoms with Crippen molar-refractivity contribution in [3.8, 4) is 5.75 Å². The second-order valence-electron chi connectivity index (χ2n) is 5.18. The van der Waals surface area contributed by atoms with Crippen LogP contribution < -0.4 is 4.74 Å². The van der Waals surface area contributed by atoms with Crippen molar-refractivity contribution in [2.75, 3.05) is 18.2 Å². The molecular weight excluding hydrogens is 296 g/mol. The molecule has 1 unspecified atom stereocenters. The number of ether oxygens (including phenoxy) is 1. The highest BCUT2D eigenvalue weighted by Gasteiger charge is 2.24. The molecule has 17 heavy (non-hydrogen) atoms. The molecule has 0 aliphatic rings. The minimum Gasteiger partial charge on any atom is -0.492 e. The van der Waals surface area contributed by atoms with Gasteiger partial charge in [-0.2, -0.15) is 0 Å². The Morgan fingerprint density at radius 2 is 1.94 bits per heavy atom. The van der Waals surface area contributed by atoms with Crippen molar-refractivity contribution in [1.82, 2.24) is 0 Å². The monoisotopic (exact) mass is 316 g/mol. The van der Waals surface area contributed by atoms with Gasteiger partial charge in [0.15, 0.2) is 0 Å². The molecule has 0 amide bonds. The van der Waals surface area contributed by atoms with E-state index in [1.54, 1.807) is 11.8 Å². The Morgan fingerprint density at radius 1 is 1.29 bits per heavy atom. The van der Waals surface area contributed by atoms with E-state index in [4.69, 9.17) is 4.74 Å². The quantitative estimate of drug-likeness (QED) is 0.567. The van der Waals surface area contributed by atoms with Gasteiger partial charge in [-0.3, -0.25) is 0 Å². The Balaban J connectivity index is 2.66. The molecule has 0 saturated heterocycles. The molecule has 0 saturated carbocycles. The molecule has 96 valence electrons. The van der Waals surface area contributed by atoms with E-state index in [9.17, 15) is 0 Å². The molecule has 0 radical (unpaired) electrons. The van der Waals surface area contributed by atoms with E-state index >= 15 is 0 Å². The van der Waals surface area contributed by atoms with Gasteiger partial charge in [-0.1, -0.05) is 48.8 Å². The van der Waals surface area contributed by atoms with Crippen LogP contribution >= 0.6 is 27.7 Å². The molecule has 3 heteroatoms. The fourth-order valence-electron chi connectivity index (χ4n) is 1.45. The third kappa shape index (κ3) is 4.55. The zero-order valence-electron chi connectivity index (χ0n) is 11.0.